The minimum atomic E-state index is -0.0124. The fourth-order valence-corrected chi connectivity index (χ4v) is 5.01. The van der Waals surface area contributed by atoms with Crippen LogP contribution in [-0.2, 0) is 4.79 Å². The lowest BCUT2D eigenvalue weighted by Gasteiger charge is -2.32. The summed E-state index contributed by atoms with van der Waals surface area (Å²) in [6, 6.07) is 14.0. The third-order valence-electron chi connectivity index (χ3n) is 5.70. The van der Waals surface area contributed by atoms with Crippen LogP contribution < -0.4 is 5.32 Å². The van der Waals surface area contributed by atoms with Crippen LogP contribution in [0.1, 0.15) is 34.7 Å². The number of rotatable bonds is 2. The number of fused-ring (bicyclic) bond motifs is 2. The van der Waals surface area contributed by atoms with Gasteiger partial charge in [-0.05, 0) is 48.6 Å². The summed E-state index contributed by atoms with van der Waals surface area (Å²) >= 11 is 1.51. The summed E-state index contributed by atoms with van der Waals surface area (Å²) in [5.41, 5.74) is 3.93. The molecule has 2 aromatic carbocycles. The number of benzene rings is 2. The standard InChI is InChI=1S/C22H21N3O2S/c26-21-13-28-20-6-5-15(11-19(20)24-21)22(27)25-9-7-14(8-10-25)17-12-23-18-4-2-1-3-16(17)18/h1-6,11-12,14,23H,7-10,13H2,(H,24,26). The number of amides is 2. The van der Waals surface area contributed by atoms with Gasteiger partial charge in [0.05, 0.1) is 11.4 Å². The van der Waals surface area contributed by atoms with Gasteiger partial charge in [-0.3, -0.25) is 9.59 Å². The zero-order valence-electron chi connectivity index (χ0n) is 15.4. The summed E-state index contributed by atoms with van der Waals surface area (Å²) in [6.07, 6.45) is 4.05. The Bertz CT molecular complexity index is 1070. The third kappa shape index (κ3) is 3.07. The molecule has 1 fully saturated rings. The number of carbonyl (C=O) groups excluding carboxylic acids is 2. The molecule has 142 valence electrons. The number of aromatic amines is 1. The van der Waals surface area contributed by atoms with E-state index in [2.05, 4.69) is 34.7 Å². The number of hydrogen-bond donors (Lipinski definition) is 2. The molecule has 2 aliphatic rings. The van der Waals surface area contributed by atoms with Crippen LogP contribution in [0.2, 0.25) is 0 Å². The molecule has 2 amide bonds. The lowest BCUT2D eigenvalue weighted by molar-refractivity contribution is -0.113. The summed E-state index contributed by atoms with van der Waals surface area (Å²) in [5, 5.41) is 4.15. The van der Waals surface area contributed by atoms with Crippen molar-refractivity contribution in [3.8, 4) is 0 Å². The number of thioether (sulfide) groups is 1. The summed E-state index contributed by atoms with van der Waals surface area (Å²) < 4.78 is 0. The van der Waals surface area contributed by atoms with Crippen LogP contribution in [0.25, 0.3) is 10.9 Å². The molecule has 0 unspecified atom stereocenters. The molecule has 0 atom stereocenters. The monoisotopic (exact) mass is 391 g/mol. The van der Waals surface area contributed by atoms with Crippen molar-refractivity contribution in [2.75, 3.05) is 24.2 Å². The van der Waals surface area contributed by atoms with E-state index in [0.717, 1.165) is 36.5 Å². The second kappa shape index (κ2) is 7.02. The summed E-state index contributed by atoms with van der Waals surface area (Å²) in [7, 11) is 0. The molecular formula is C22H21N3O2S. The van der Waals surface area contributed by atoms with Crippen molar-refractivity contribution >= 4 is 40.2 Å². The molecule has 6 heteroatoms. The Hall–Kier alpha value is -2.73. The van der Waals surface area contributed by atoms with E-state index in [0.29, 0.717) is 17.2 Å². The van der Waals surface area contributed by atoms with E-state index in [1.54, 1.807) is 0 Å². The first-order valence-corrected chi connectivity index (χ1v) is 10.6. The van der Waals surface area contributed by atoms with Gasteiger partial charge < -0.3 is 15.2 Å². The number of hydrogen-bond acceptors (Lipinski definition) is 3. The smallest absolute Gasteiger partial charge is 0.253 e. The maximum absolute atomic E-state index is 13.0. The highest BCUT2D eigenvalue weighted by Gasteiger charge is 2.27. The first kappa shape index (κ1) is 17.4. The van der Waals surface area contributed by atoms with E-state index in [1.165, 1.54) is 28.2 Å². The maximum Gasteiger partial charge on any atom is 0.253 e. The predicted molar refractivity (Wildman–Crippen MR) is 112 cm³/mol. The predicted octanol–water partition coefficient (Wildman–Crippen LogP) is 4.23. The molecule has 3 heterocycles. The topological polar surface area (TPSA) is 65.2 Å². The first-order valence-electron chi connectivity index (χ1n) is 9.61. The molecule has 0 radical (unpaired) electrons. The number of nitrogens with zero attached hydrogens (tertiary/aromatic N) is 1. The Labute approximate surface area is 167 Å². The van der Waals surface area contributed by atoms with E-state index in [4.69, 9.17) is 0 Å². The molecule has 5 nitrogen and oxygen atoms in total. The van der Waals surface area contributed by atoms with Crippen molar-refractivity contribution in [2.24, 2.45) is 0 Å². The quantitative estimate of drug-likeness (QED) is 0.687. The minimum Gasteiger partial charge on any atom is -0.361 e. The Balaban J connectivity index is 1.30. The Morgan fingerprint density at radius 3 is 2.79 bits per heavy atom. The van der Waals surface area contributed by atoms with Crippen molar-refractivity contribution in [1.29, 1.82) is 0 Å². The molecule has 0 spiro atoms. The van der Waals surface area contributed by atoms with Crippen molar-refractivity contribution in [3.05, 3.63) is 59.8 Å². The van der Waals surface area contributed by atoms with Crippen LogP contribution in [0.5, 0.6) is 0 Å². The maximum atomic E-state index is 13.0. The molecule has 3 aromatic rings. The van der Waals surface area contributed by atoms with Crippen molar-refractivity contribution in [3.63, 3.8) is 0 Å². The van der Waals surface area contributed by atoms with Crippen molar-refractivity contribution in [2.45, 2.75) is 23.7 Å². The van der Waals surface area contributed by atoms with Crippen molar-refractivity contribution in [1.82, 2.24) is 9.88 Å². The summed E-state index contributed by atoms with van der Waals surface area (Å²) in [5.74, 6) is 0.938. The number of anilines is 1. The van der Waals surface area contributed by atoms with E-state index in [-0.39, 0.29) is 11.8 Å². The van der Waals surface area contributed by atoms with Gasteiger partial charge in [0.1, 0.15) is 0 Å². The summed E-state index contributed by atoms with van der Waals surface area (Å²) in [6.45, 7) is 1.50. The average Bonchev–Trinajstić information content (AvgIpc) is 3.17. The van der Waals surface area contributed by atoms with E-state index in [9.17, 15) is 9.59 Å². The molecule has 2 N–H and O–H groups in total. The van der Waals surface area contributed by atoms with Crippen LogP contribution >= 0.6 is 11.8 Å². The minimum absolute atomic E-state index is 0.0124. The van der Waals surface area contributed by atoms with Crippen LogP contribution in [0.3, 0.4) is 0 Å². The number of H-pyrrole nitrogens is 1. The fourth-order valence-electron chi connectivity index (χ4n) is 4.22. The Kier molecular flexibility index (Phi) is 4.36. The van der Waals surface area contributed by atoms with Crippen LogP contribution in [0.4, 0.5) is 5.69 Å². The normalized spacial score (nSPS) is 17.4. The Morgan fingerprint density at radius 2 is 1.93 bits per heavy atom. The molecule has 0 saturated carbocycles. The third-order valence-corrected chi connectivity index (χ3v) is 6.78. The molecule has 5 rings (SSSR count). The van der Waals surface area contributed by atoms with Crippen molar-refractivity contribution < 1.29 is 9.59 Å². The number of piperidine rings is 1. The van der Waals surface area contributed by atoms with Gasteiger partial charge in [0.2, 0.25) is 5.91 Å². The van der Waals surface area contributed by atoms with Crippen LogP contribution in [-0.4, -0.2) is 40.5 Å². The average molecular weight is 391 g/mol. The molecule has 28 heavy (non-hydrogen) atoms. The SMILES string of the molecule is O=C1CSc2ccc(C(=O)N3CCC(c4c[nH]c5ccccc45)CC3)cc2N1. The molecular weight excluding hydrogens is 370 g/mol. The molecule has 2 aliphatic heterocycles. The van der Waals surface area contributed by atoms with E-state index in [1.807, 2.05) is 29.2 Å². The number of carbonyl (C=O) groups is 2. The van der Waals surface area contributed by atoms with Gasteiger partial charge >= 0.3 is 0 Å². The van der Waals surface area contributed by atoms with E-state index >= 15 is 0 Å². The lowest BCUT2D eigenvalue weighted by Crippen LogP contribution is -2.38. The van der Waals surface area contributed by atoms with Gasteiger partial charge in [-0.1, -0.05) is 18.2 Å². The van der Waals surface area contributed by atoms with Gasteiger partial charge in [-0.15, -0.1) is 11.8 Å². The summed E-state index contributed by atoms with van der Waals surface area (Å²) in [4.78, 5) is 30.9. The molecule has 1 aromatic heterocycles. The Morgan fingerprint density at radius 1 is 1.11 bits per heavy atom. The highest BCUT2D eigenvalue weighted by molar-refractivity contribution is 8.00. The lowest BCUT2D eigenvalue weighted by atomic mass is 9.89. The largest absolute Gasteiger partial charge is 0.361 e. The highest BCUT2D eigenvalue weighted by Crippen LogP contribution is 2.35. The van der Waals surface area contributed by atoms with Gasteiger partial charge in [0.15, 0.2) is 0 Å². The molecule has 1 saturated heterocycles. The fraction of sp³-hybridized carbons (Fsp3) is 0.273. The van der Waals surface area contributed by atoms with Gasteiger partial charge in [0.25, 0.3) is 5.91 Å². The molecule has 0 bridgehead atoms. The number of para-hydroxylation sites is 1. The zero-order chi connectivity index (χ0) is 19.1. The van der Waals surface area contributed by atoms with Crippen LogP contribution in [0, 0.1) is 0 Å². The second-order valence-electron chi connectivity index (χ2n) is 7.40. The number of nitrogens with one attached hydrogen (secondary N) is 2. The van der Waals surface area contributed by atoms with Gasteiger partial charge in [-0.25, -0.2) is 0 Å². The highest BCUT2D eigenvalue weighted by atomic mass is 32.2. The number of aromatic nitrogens is 1. The second-order valence-corrected chi connectivity index (χ2v) is 8.42. The van der Waals surface area contributed by atoms with Gasteiger partial charge in [-0.2, -0.15) is 0 Å². The zero-order valence-corrected chi connectivity index (χ0v) is 16.2. The van der Waals surface area contributed by atoms with E-state index < -0.39 is 0 Å². The van der Waals surface area contributed by atoms with Gasteiger partial charge in [0, 0.05) is 40.6 Å². The molecule has 0 aliphatic carbocycles. The first-order chi connectivity index (χ1) is 13.7. The number of likely N-dealkylation sites (tertiary alicyclic amines) is 1. The van der Waals surface area contributed by atoms with Crippen LogP contribution in [0.15, 0.2) is 53.6 Å².